The van der Waals surface area contributed by atoms with Crippen LogP contribution in [0.3, 0.4) is 0 Å². The zero-order valence-corrected chi connectivity index (χ0v) is 21.3. The maximum atomic E-state index is 15.0. The Morgan fingerprint density at radius 3 is 2.10 bits per heavy atom. The number of carbonyl (C=O) groups is 2. The fourth-order valence-electron chi connectivity index (χ4n) is 3.47. The zero-order valence-electron chi connectivity index (χ0n) is 20.6. The number of halogens is 11. The number of alkyl halides is 9. The number of nitrogens with one attached hydrogen (secondary N) is 2. The highest BCUT2D eigenvalue weighted by Gasteiger charge is 2.41. The Bertz CT molecular complexity index is 1270. The third-order valence-corrected chi connectivity index (χ3v) is 5.88. The summed E-state index contributed by atoms with van der Waals surface area (Å²) in [7, 11) is 0. The lowest BCUT2D eigenvalue weighted by Crippen LogP contribution is -2.47. The molecule has 2 N–H and O–H groups in total. The molecular formula is C25H21ClF10N2O2. The van der Waals surface area contributed by atoms with Gasteiger partial charge in [0.05, 0.1) is 11.1 Å². The molecule has 0 aliphatic heterocycles. The molecule has 2 amide bonds. The number of carbonyl (C=O) groups excluding carboxylic acids is 2. The first-order valence-corrected chi connectivity index (χ1v) is 11.7. The van der Waals surface area contributed by atoms with Gasteiger partial charge in [-0.3, -0.25) is 9.59 Å². The van der Waals surface area contributed by atoms with Crippen LogP contribution in [0, 0.1) is 0 Å². The maximum absolute atomic E-state index is 15.0. The van der Waals surface area contributed by atoms with Crippen LogP contribution in [0.1, 0.15) is 52.4 Å². The van der Waals surface area contributed by atoms with Crippen LogP contribution < -0.4 is 10.6 Å². The third kappa shape index (κ3) is 8.86. The number of aryl methyl sites for hydroxylation is 1. The van der Waals surface area contributed by atoms with Gasteiger partial charge in [0.15, 0.2) is 0 Å². The van der Waals surface area contributed by atoms with Crippen LogP contribution in [0.4, 0.5) is 43.9 Å². The second-order valence-electron chi connectivity index (χ2n) is 8.52. The molecule has 0 aliphatic carbocycles. The monoisotopic (exact) mass is 606 g/mol. The summed E-state index contributed by atoms with van der Waals surface area (Å²) in [6.45, 7) is 0.853. The molecule has 0 spiro atoms. The minimum Gasteiger partial charge on any atom is -0.345 e. The highest BCUT2D eigenvalue weighted by atomic mass is 35.5. The average Bonchev–Trinajstić information content (AvgIpc) is 2.83. The van der Waals surface area contributed by atoms with Gasteiger partial charge in [-0.15, -0.1) is 0 Å². The first-order chi connectivity index (χ1) is 18.2. The largest absolute Gasteiger partial charge is 0.417 e. The van der Waals surface area contributed by atoms with Crippen molar-refractivity contribution < 1.29 is 53.5 Å². The molecule has 0 heterocycles. The van der Waals surface area contributed by atoms with Crippen molar-refractivity contribution in [1.82, 2.24) is 10.6 Å². The molecule has 0 saturated carbocycles. The van der Waals surface area contributed by atoms with Gasteiger partial charge in [-0.05, 0) is 48.7 Å². The summed E-state index contributed by atoms with van der Waals surface area (Å²) >= 11 is 5.97. The van der Waals surface area contributed by atoms with Crippen LogP contribution in [0.25, 0.3) is 5.83 Å². The van der Waals surface area contributed by atoms with E-state index in [1.54, 1.807) is 12.2 Å². The summed E-state index contributed by atoms with van der Waals surface area (Å²) in [5.41, 5.74) is -3.78. The van der Waals surface area contributed by atoms with Gasteiger partial charge in [-0.2, -0.15) is 39.5 Å². The highest BCUT2D eigenvalue weighted by molar-refractivity contribution is 6.31. The van der Waals surface area contributed by atoms with E-state index in [0.717, 1.165) is 19.1 Å². The van der Waals surface area contributed by atoms with Crippen LogP contribution in [0.15, 0.2) is 42.5 Å². The highest BCUT2D eigenvalue weighted by Crippen LogP contribution is 2.40. The summed E-state index contributed by atoms with van der Waals surface area (Å²) in [5.74, 6) is -7.16. The van der Waals surface area contributed by atoms with Crippen LogP contribution in [0.5, 0.6) is 0 Å². The minimum absolute atomic E-state index is 0.0147. The third-order valence-electron chi connectivity index (χ3n) is 5.53. The Balaban J connectivity index is 2.43. The number of allylic oxidation sites excluding steroid dienone is 1. The lowest BCUT2D eigenvalue weighted by molar-refractivity contribution is -0.140. The molecule has 1 unspecified atom stereocenters. The molecule has 15 heteroatoms. The van der Waals surface area contributed by atoms with Crippen LogP contribution in [-0.4, -0.2) is 36.8 Å². The van der Waals surface area contributed by atoms with E-state index in [1.807, 2.05) is 0 Å². The smallest absolute Gasteiger partial charge is 0.345 e. The van der Waals surface area contributed by atoms with Gasteiger partial charge in [0, 0.05) is 10.6 Å². The normalized spacial score (nSPS) is 14.5. The van der Waals surface area contributed by atoms with Crippen molar-refractivity contribution in [3.05, 3.63) is 75.3 Å². The number of hydrogen-bond donors (Lipinski definition) is 2. The lowest BCUT2D eigenvalue weighted by atomic mass is 9.94. The van der Waals surface area contributed by atoms with Crippen LogP contribution in [-0.2, 0) is 17.4 Å². The van der Waals surface area contributed by atoms with Gasteiger partial charge < -0.3 is 10.6 Å². The molecule has 0 bridgehead atoms. The van der Waals surface area contributed by atoms with E-state index in [1.165, 1.54) is 11.4 Å². The molecule has 2 rings (SSSR count). The SMILES string of the molecule is CCc1ccc(C(/C=C(\F)c2ccc(C(=O)N[C@H](C)C(=O)NCC(F)(F)F)c(C(F)(F)F)c2)C(F)(F)F)cc1Cl. The molecule has 0 fully saturated rings. The fraction of sp³-hybridized carbons (Fsp3) is 0.360. The van der Waals surface area contributed by atoms with Gasteiger partial charge in [0.2, 0.25) is 5.91 Å². The quantitative estimate of drug-likeness (QED) is 0.308. The van der Waals surface area contributed by atoms with E-state index in [-0.39, 0.29) is 17.2 Å². The van der Waals surface area contributed by atoms with Gasteiger partial charge in [-0.25, -0.2) is 4.39 Å². The Morgan fingerprint density at radius 2 is 1.60 bits per heavy atom. The molecule has 4 nitrogen and oxygen atoms in total. The van der Waals surface area contributed by atoms with Crippen molar-refractivity contribution in [2.45, 2.75) is 50.8 Å². The van der Waals surface area contributed by atoms with Gasteiger partial charge >= 0.3 is 18.5 Å². The Morgan fingerprint density at radius 1 is 0.975 bits per heavy atom. The van der Waals surface area contributed by atoms with Crippen LogP contribution in [0.2, 0.25) is 5.02 Å². The Labute approximate surface area is 226 Å². The van der Waals surface area contributed by atoms with Crippen molar-refractivity contribution in [3.63, 3.8) is 0 Å². The number of hydrogen-bond acceptors (Lipinski definition) is 2. The van der Waals surface area contributed by atoms with Crippen molar-refractivity contribution in [2.75, 3.05) is 6.54 Å². The Kier molecular flexibility index (Phi) is 10.3. The summed E-state index contributed by atoms with van der Waals surface area (Å²) < 4.78 is 134. The van der Waals surface area contributed by atoms with Crippen molar-refractivity contribution in [1.29, 1.82) is 0 Å². The lowest BCUT2D eigenvalue weighted by Gasteiger charge is -2.19. The molecule has 0 saturated heterocycles. The average molecular weight is 607 g/mol. The van der Waals surface area contributed by atoms with E-state index in [2.05, 4.69) is 0 Å². The van der Waals surface area contributed by atoms with E-state index >= 15 is 0 Å². The molecule has 2 aromatic carbocycles. The van der Waals surface area contributed by atoms with Crippen molar-refractivity contribution in [3.8, 4) is 0 Å². The first-order valence-electron chi connectivity index (χ1n) is 11.3. The number of benzene rings is 2. The topological polar surface area (TPSA) is 58.2 Å². The summed E-state index contributed by atoms with van der Waals surface area (Å²) in [5, 5.41) is 3.22. The van der Waals surface area contributed by atoms with Crippen LogP contribution >= 0.6 is 11.6 Å². The van der Waals surface area contributed by atoms with Crippen molar-refractivity contribution in [2.24, 2.45) is 0 Å². The maximum Gasteiger partial charge on any atom is 0.417 e. The molecule has 0 radical (unpaired) electrons. The molecule has 2 aromatic rings. The predicted molar refractivity (Wildman–Crippen MR) is 126 cm³/mol. The van der Waals surface area contributed by atoms with Gasteiger partial charge in [0.25, 0.3) is 5.91 Å². The standard InChI is InChI=1S/C25H21ClF10N2O2/c1-3-13-4-5-14(9-19(13)26)17(24(31,32)33)10-20(27)15-6-7-16(18(8-15)25(34,35)36)22(40)38-12(2)21(39)37-11-23(28,29)30/h4-10,12,17H,3,11H2,1-2H3,(H,37,39)(H,38,40)/b20-10-/t12-,17?/m1/s1. The van der Waals surface area contributed by atoms with E-state index in [9.17, 15) is 53.5 Å². The van der Waals surface area contributed by atoms with Gasteiger partial charge in [0.1, 0.15) is 24.3 Å². The Hall–Kier alpha value is -3.29. The zero-order chi connectivity index (χ0) is 30.6. The van der Waals surface area contributed by atoms with E-state index < -0.39 is 76.9 Å². The predicted octanol–water partition coefficient (Wildman–Crippen LogP) is 7.37. The molecule has 40 heavy (non-hydrogen) atoms. The molecule has 0 aromatic heterocycles. The summed E-state index contributed by atoms with van der Waals surface area (Å²) in [6, 6.07) is 2.83. The minimum atomic E-state index is -5.31. The fourth-order valence-corrected chi connectivity index (χ4v) is 3.79. The summed E-state index contributed by atoms with van der Waals surface area (Å²) in [4.78, 5) is 24.1. The molecule has 0 aliphatic rings. The van der Waals surface area contributed by atoms with Crippen molar-refractivity contribution >= 4 is 29.2 Å². The molecule has 2 atom stereocenters. The summed E-state index contributed by atoms with van der Waals surface area (Å²) in [6.07, 6.45) is -14.7. The number of amides is 2. The number of rotatable bonds is 8. The van der Waals surface area contributed by atoms with Gasteiger partial charge in [-0.1, -0.05) is 36.7 Å². The molecule has 220 valence electrons. The van der Waals surface area contributed by atoms with E-state index in [0.29, 0.717) is 24.1 Å². The second-order valence-corrected chi connectivity index (χ2v) is 8.93. The molecular weight excluding hydrogens is 586 g/mol. The van der Waals surface area contributed by atoms with E-state index in [4.69, 9.17) is 11.6 Å². The second kappa shape index (κ2) is 12.5. The first kappa shape index (κ1) is 32.9.